The Bertz CT molecular complexity index is 477. The van der Waals surface area contributed by atoms with Crippen molar-refractivity contribution in [2.45, 2.75) is 193 Å². The highest BCUT2D eigenvalue weighted by Gasteiger charge is 2.15. The minimum Gasteiger partial charge on any atom is -0.481 e. The number of aliphatic carboxylic acids is 1. The van der Waals surface area contributed by atoms with E-state index in [1.807, 2.05) is 0 Å². The van der Waals surface area contributed by atoms with Crippen molar-refractivity contribution in [3.8, 4) is 0 Å². The number of rotatable bonds is 29. The highest BCUT2D eigenvalue weighted by Crippen LogP contribution is 2.17. The van der Waals surface area contributed by atoms with Crippen LogP contribution in [0.5, 0.6) is 0 Å². The molecule has 0 aliphatic heterocycles. The van der Waals surface area contributed by atoms with Crippen molar-refractivity contribution in [2.75, 3.05) is 0 Å². The second-order valence-corrected chi connectivity index (χ2v) is 11.0. The molecule has 0 rings (SSSR count). The summed E-state index contributed by atoms with van der Waals surface area (Å²) >= 11 is 0. The number of carboxylic acid groups (broad SMARTS) is 1. The summed E-state index contributed by atoms with van der Waals surface area (Å²) in [6, 6.07) is 0. The van der Waals surface area contributed by atoms with Gasteiger partial charge in [0, 0.05) is 12.8 Å². The van der Waals surface area contributed by atoms with E-state index in [1.54, 1.807) is 0 Å². The zero-order chi connectivity index (χ0) is 26.5. The van der Waals surface area contributed by atoms with Crippen LogP contribution < -0.4 is 0 Å². The molecule has 36 heavy (non-hydrogen) atoms. The van der Waals surface area contributed by atoms with Crippen molar-refractivity contribution in [2.24, 2.45) is 0 Å². The Morgan fingerprint density at radius 1 is 0.500 bits per heavy atom. The van der Waals surface area contributed by atoms with Gasteiger partial charge in [-0.2, -0.15) is 0 Å². The van der Waals surface area contributed by atoms with Crippen LogP contribution in [0, 0.1) is 0 Å². The Balaban J connectivity index is 3.72. The zero-order valence-corrected chi connectivity index (χ0v) is 24.3. The third-order valence-electron chi connectivity index (χ3n) is 7.34. The molecular weight excluding hydrogens is 448 g/mol. The molecule has 1 atom stereocenters. The molecule has 0 aliphatic carbocycles. The summed E-state index contributed by atoms with van der Waals surface area (Å²) in [4.78, 5) is 23.3. The highest BCUT2D eigenvalue weighted by atomic mass is 16.5. The van der Waals surface area contributed by atoms with Crippen LogP contribution in [0.4, 0.5) is 0 Å². The lowest BCUT2D eigenvalue weighted by Gasteiger charge is -2.17. The molecule has 214 valence electrons. The van der Waals surface area contributed by atoms with Gasteiger partial charge in [-0.15, -0.1) is 0 Å². The van der Waals surface area contributed by atoms with Gasteiger partial charge < -0.3 is 9.84 Å². The molecule has 0 aliphatic rings. The summed E-state index contributed by atoms with van der Waals surface area (Å²) in [5, 5.41) is 9.03. The summed E-state index contributed by atoms with van der Waals surface area (Å²) < 4.78 is 5.68. The van der Waals surface area contributed by atoms with E-state index < -0.39 is 5.97 Å². The quantitative estimate of drug-likeness (QED) is 0.0802. The van der Waals surface area contributed by atoms with Gasteiger partial charge in [-0.05, 0) is 25.7 Å². The number of carbonyl (C=O) groups excluding carboxylic acids is 1. The molecule has 0 spiro atoms. The number of hydrogen-bond acceptors (Lipinski definition) is 3. The normalized spacial score (nSPS) is 12.1. The molecule has 1 unspecified atom stereocenters. The minimum atomic E-state index is -0.810. The Labute approximate surface area is 224 Å². The average Bonchev–Trinajstić information content (AvgIpc) is 2.86. The van der Waals surface area contributed by atoms with E-state index in [0.29, 0.717) is 12.8 Å². The monoisotopic (exact) mass is 510 g/mol. The molecule has 1 N–H and O–H groups in total. The number of esters is 1. The van der Waals surface area contributed by atoms with Gasteiger partial charge in [0.2, 0.25) is 0 Å². The molecule has 0 aromatic heterocycles. The molecule has 4 nitrogen and oxygen atoms in total. The van der Waals surface area contributed by atoms with Crippen LogP contribution in [-0.4, -0.2) is 23.1 Å². The largest absolute Gasteiger partial charge is 0.481 e. The third kappa shape index (κ3) is 27.5. The molecular formula is C32H62O4. The lowest BCUT2D eigenvalue weighted by Crippen LogP contribution is -2.19. The highest BCUT2D eigenvalue weighted by molar-refractivity contribution is 5.69. The summed E-state index contributed by atoms with van der Waals surface area (Å²) in [6.45, 7) is 4.51. The van der Waals surface area contributed by atoms with Crippen molar-refractivity contribution in [3.63, 3.8) is 0 Å². The lowest BCUT2D eigenvalue weighted by molar-refractivity contribution is -0.151. The molecule has 0 aromatic carbocycles. The van der Waals surface area contributed by atoms with Crippen LogP contribution in [0.25, 0.3) is 0 Å². The van der Waals surface area contributed by atoms with Gasteiger partial charge in [0.05, 0.1) is 0 Å². The van der Waals surface area contributed by atoms with Crippen LogP contribution >= 0.6 is 0 Å². The Hall–Kier alpha value is -1.06. The van der Waals surface area contributed by atoms with Crippen molar-refractivity contribution >= 4 is 11.9 Å². The Morgan fingerprint density at radius 3 is 1.25 bits per heavy atom. The Kier molecular flexibility index (Phi) is 27.7. The summed E-state index contributed by atoms with van der Waals surface area (Å²) in [6.07, 6.45) is 31.1. The number of carboxylic acids is 1. The first kappa shape index (κ1) is 34.9. The smallest absolute Gasteiger partial charge is 0.306 e. The van der Waals surface area contributed by atoms with E-state index >= 15 is 0 Å². The third-order valence-corrected chi connectivity index (χ3v) is 7.34. The van der Waals surface area contributed by atoms with Gasteiger partial charge in [0.25, 0.3) is 0 Å². The lowest BCUT2D eigenvalue weighted by atomic mass is 10.0. The van der Waals surface area contributed by atoms with Crippen molar-refractivity contribution in [1.82, 2.24) is 0 Å². The maximum absolute atomic E-state index is 12.3. The van der Waals surface area contributed by atoms with Crippen LogP contribution in [0.3, 0.4) is 0 Å². The minimum absolute atomic E-state index is 0.0776. The van der Waals surface area contributed by atoms with Crippen molar-refractivity contribution in [3.05, 3.63) is 0 Å². The molecule has 0 amide bonds. The van der Waals surface area contributed by atoms with Gasteiger partial charge in [-0.1, -0.05) is 149 Å². The number of ether oxygens (including phenoxy) is 1. The first-order chi connectivity index (χ1) is 17.6. The van der Waals surface area contributed by atoms with E-state index in [0.717, 1.165) is 32.1 Å². The number of hydrogen-bond donors (Lipinski definition) is 1. The maximum atomic E-state index is 12.3. The van der Waals surface area contributed by atoms with E-state index in [-0.39, 0.29) is 18.5 Å². The summed E-state index contributed by atoms with van der Waals surface area (Å²) in [5.74, 6) is -0.949. The molecule has 0 fully saturated rings. The van der Waals surface area contributed by atoms with E-state index in [2.05, 4.69) is 13.8 Å². The number of unbranched alkanes of at least 4 members (excludes halogenated alkanes) is 21. The molecule has 0 aromatic rings. The second-order valence-electron chi connectivity index (χ2n) is 11.0. The summed E-state index contributed by atoms with van der Waals surface area (Å²) in [7, 11) is 0. The molecule has 4 heteroatoms. The first-order valence-corrected chi connectivity index (χ1v) is 16.0. The average molecular weight is 511 g/mol. The Morgan fingerprint density at radius 2 is 0.861 bits per heavy atom. The molecule has 0 saturated carbocycles. The van der Waals surface area contributed by atoms with Crippen LogP contribution in [-0.2, 0) is 14.3 Å². The first-order valence-electron chi connectivity index (χ1n) is 16.0. The van der Waals surface area contributed by atoms with Gasteiger partial charge in [-0.3, -0.25) is 9.59 Å². The second kappa shape index (κ2) is 28.5. The fourth-order valence-electron chi connectivity index (χ4n) is 4.94. The predicted molar refractivity (Wildman–Crippen MR) is 154 cm³/mol. The van der Waals surface area contributed by atoms with E-state index in [1.165, 1.54) is 122 Å². The fourth-order valence-corrected chi connectivity index (χ4v) is 4.94. The topological polar surface area (TPSA) is 63.6 Å². The maximum Gasteiger partial charge on any atom is 0.306 e. The summed E-state index contributed by atoms with van der Waals surface area (Å²) in [5.41, 5.74) is 0. The molecule has 0 saturated heterocycles. The van der Waals surface area contributed by atoms with E-state index in [9.17, 15) is 9.59 Å². The molecule has 0 radical (unpaired) electrons. The van der Waals surface area contributed by atoms with Crippen molar-refractivity contribution < 1.29 is 19.4 Å². The van der Waals surface area contributed by atoms with E-state index in [4.69, 9.17) is 9.84 Å². The predicted octanol–water partition coefficient (Wildman–Crippen LogP) is 10.6. The molecule has 0 bridgehead atoms. The van der Waals surface area contributed by atoms with Gasteiger partial charge in [-0.25, -0.2) is 0 Å². The SMILES string of the molecule is CCCCCCCCCCCCCCCCC(=O)OC(CCCCCCCCCCC)CCC(=O)O. The standard InChI is InChI=1S/C32H62O4/c1-3-5-7-9-11-13-14-15-16-17-19-21-23-25-27-32(35)36-30(28-29-31(33)34)26-24-22-20-18-12-10-8-6-4-2/h30H,3-29H2,1-2H3,(H,33,34). The zero-order valence-electron chi connectivity index (χ0n) is 24.3. The van der Waals surface area contributed by atoms with Gasteiger partial charge in [0.1, 0.15) is 6.10 Å². The van der Waals surface area contributed by atoms with Gasteiger partial charge in [0.15, 0.2) is 0 Å². The van der Waals surface area contributed by atoms with Gasteiger partial charge >= 0.3 is 11.9 Å². The van der Waals surface area contributed by atoms with Crippen LogP contribution in [0.15, 0.2) is 0 Å². The fraction of sp³-hybridized carbons (Fsp3) is 0.938. The van der Waals surface area contributed by atoms with Crippen molar-refractivity contribution in [1.29, 1.82) is 0 Å². The number of carbonyl (C=O) groups is 2. The van der Waals surface area contributed by atoms with Crippen LogP contribution in [0.1, 0.15) is 187 Å². The van der Waals surface area contributed by atoms with Crippen LogP contribution in [0.2, 0.25) is 0 Å². The molecule has 0 heterocycles.